The van der Waals surface area contributed by atoms with Gasteiger partial charge in [-0.25, -0.2) is 0 Å². The van der Waals surface area contributed by atoms with Gasteiger partial charge in [-0.15, -0.1) is 11.8 Å². The molecule has 8 nitrogen and oxygen atoms in total. The largest absolute Gasteiger partial charge is 0.454 e. The highest BCUT2D eigenvalue weighted by Crippen LogP contribution is 2.32. The minimum Gasteiger partial charge on any atom is -0.454 e. The Balaban J connectivity index is 1.59. The van der Waals surface area contributed by atoms with Crippen molar-refractivity contribution in [3.63, 3.8) is 0 Å². The van der Waals surface area contributed by atoms with Gasteiger partial charge >= 0.3 is 0 Å². The summed E-state index contributed by atoms with van der Waals surface area (Å²) < 4.78 is 10.5. The van der Waals surface area contributed by atoms with Crippen LogP contribution in [0.1, 0.15) is 34.6 Å². The van der Waals surface area contributed by atoms with Crippen LogP contribution in [0.25, 0.3) is 0 Å². The van der Waals surface area contributed by atoms with Gasteiger partial charge in [-0.05, 0) is 44.2 Å². The SMILES string of the molecule is CC(C)NC(=O)CSc1ccccc1C(=O)NNC(=O)c1ccc2c(c1)OCO2. The van der Waals surface area contributed by atoms with Gasteiger partial charge in [-0.3, -0.25) is 25.2 Å². The van der Waals surface area contributed by atoms with E-state index in [1.54, 1.807) is 42.5 Å². The fraction of sp³-hybridized carbons (Fsp3) is 0.250. The number of ether oxygens (including phenoxy) is 2. The van der Waals surface area contributed by atoms with Gasteiger partial charge in [0.05, 0.1) is 11.3 Å². The standard InChI is InChI=1S/C20H21N3O5S/c1-12(2)21-18(24)10-29-17-6-4-3-5-14(17)20(26)23-22-19(25)13-7-8-15-16(9-13)28-11-27-15/h3-9,12H,10-11H2,1-2H3,(H,21,24)(H,22,25)(H,23,26). The molecule has 1 aliphatic heterocycles. The summed E-state index contributed by atoms with van der Waals surface area (Å²) in [5, 5.41) is 2.80. The summed E-state index contributed by atoms with van der Waals surface area (Å²) in [6.07, 6.45) is 0. The first-order valence-electron chi connectivity index (χ1n) is 8.95. The molecule has 9 heteroatoms. The third-order valence-corrected chi connectivity index (χ3v) is 4.94. The molecule has 0 unspecified atom stereocenters. The number of hydrazine groups is 1. The van der Waals surface area contributed by atoms with Gasteiger partial charge in [0.2, 0.25) is 12.7 Å². The highest BCUT2D eigenvalue weighted by Gasteiger charge is 2.18. The van der Waals surface area contributed by atoms with Gasteiger partial charge in [-0.1, -0.05) is 12.1 Å². The number of carbonyl (C=O) groups excluding carboxylic acids is 3. The zero-order valence-electron chi connectivity index (χ0n) is 16.0. The van der Waals surface area contributed by atoms with E-state index >= 15 is 0 Å². The number of fused-ring (bicyclic) bond motifs is 1. The van der Waals surface area contributed by atoms with E-state index < -0.39 is 11.8 Å². The zero-order chi connectivity index (χ0) is 20.8. The number of hydrogen-bond donors (Lipinski definition) is 3. The molecule has 3 N–H and O–H groups in total. The van der Waals surface area contributed by atoms with Gasteiger partial charge in [-0.2, -0.15) is 0 Å². The second-order valence-electron chi connectivity index (χ2n) is 6.48. The first-order valence-corrected chi connectivity index (χ1v) is 9.94. The van der Waals surface area contributed by atoms with Crippen molar-refractivity contribution in [2.24, 2.45) is 0 Å². The van der Waals surface area contributed by atoms with E-state index in [1.807, 2.05) is 13.8 Å². The Bertz CT molecular complexity index is 932. The average molecular weight is 415 g/mol. The second kappa shape index (κ2) is 9.33. The van der Waals surface area contributed by atoms with E-state index in [0.717, 1.165) is 0 Å². The van der Waals surface area contributed by atoms with E-state index in [4.69, 9.17) is 9.47 Å². The normalized spacial score (nSPS) is 11.8. The Kier molecular flexibility index (Phi) is 6.61. The van der Waals surface area contributed by atoms with E-state index in [-0.39, 0.29) is 24.5 Å². The smallest absolute Gasteiger partial charge is 0.270 e. The number of nitrogens with one attached hydrogen (secondary N) is 3. The van der Waals surface area contributed by atoms with Crippen molar-refractivity contribution >= 4 is 29.5 Å². The first-order chi connectivity index (χ1) is 13.9. The molecule has 29 heavy (non-hydrogen) atoms. The zero-order valence-corrected chi connectivity index (χ0v) is 16.8. The highest BCUT2D eigenvalue weighted by molar-refractivity contribution is 8.00. The molecule has 0 saturated heterocycles. The Morgan fingerprint density at radius 2 is 1.72 bits per heavy atom. The summed E-state index contributed by atoms with van der Waals surface area (Å²) in [5.41, 5.74) is 5.47. The third kappa shape index (κ3) is 5.41. The molecule has 0 radical (unpaired) electrons. The van der Waals surface area contributed by atoms with Crippen molar-refractivity contribution in [1.82, 2.24) is 16.2 Å². The number of thioether (sulfide) groups is 1. The van der Waals surface area contributed by atoms with Crippen molar-refractivity contribution in [2.45, 2.75) is 24.8 Å². The Hall–Kier alpha value is -3.20. The van der Waals surface area contributed by atoms with Crippen LogP contribution in [0.15, 0.2) is 47.4 Å². The number of benzene rings is 2. The maximum atomic E-state index is 12.5. The van der Waals surface area contributed by atoms with Crippen molar-refractivity contribution in [1.29, 1.82) is 0 Å². The van der Waals surface area contributed by atoms with E-state index in [1.165, 1.54) is 11.8 Å². The molecule has 2 aromatic carbocycles. The Labute approximate surface area is 172 Å². The molecule has 1 heterocycles. The van der Waals surface area contributed by atoms with Crippen molar-refractivity contribution in [3.8, 4) is 11.5 Å². The molecular formula is C20H21N3O5S. The molecule has 152 valence electrons. The van der Waals surface area contributed by atoms with Crippen LogP contribution in [0.5, 0.6) is 11.5 Å². The molecule has 0 aliphatic carbocycles. The predicted octanol–water partition coefficient (Wildman–Crippen LogP) is 2.11. The molecule has 0 saturated carbocycles. The average Bonchev–Trinajstić information content (AvgIpc) is 3.17. The third-order valence-electron chi connectivity index (χ3n) is 3.86. The topological polar surface area (TPSA) is 106 Å². The summed E-state index contributed by atoms with van der Waals surface area (Å²) >= 11 is 1.25. The van der Waals surface area contributed by atoms with Crippen LogP contribution < -0.4 is 25.6 Å². The van der Waals surface area contributed by atoms with Crippen LogP contribution in [0.4, 0.5) is 0 Å². The van der Waals surface area contributed by atoms with Gasteiger partial charge in [0.25, 0.3) is 11.8 Å². The fourth-order valence-electron chi connectivity index (χ4n) is 2.58. The van der Waals surface area contributed by atoms with E-state index in [2.05, 4.69) is 16.2 Å². The first kappa shape index (κ1) is 20.5. The number of rotatable bonds is 6. The maximum absolute atomic E-state index is 12.5. The minimum atomic E-state index is -0.488. The molecule has 0 bridgehead atoms. The second-order valence-corrected chi connectivity index (χ2v) is 7.50. The summed E-state index contributed by atoms with van der Waals surface area (Å²) in [5.74, 6) is 0.149. The van der Waals surface area contributed by atoms with Crippen LogP contribution in [-0.4, -0.2) is 36.3 Å². The predicted molar refractivity (Wildman–Crippen MR) is 108 cm³/mol. The van der Waals surface area contributed by atoms with Gasteiger partial charge < -0.3 is 14.8 Å². The Morgan fingerprint density at radius 3 is 2.52 bits per heavy atom. The van der Waals surface area contributed by atoms with Crippen LogP contribution in [-0.2, 0) is 4.79 Å². The molecular weight excluding hydrogens is 394 g/mol. The molecule has 3 rings (SSSR count). The lowest BCUT2D eigenvalue weighted by atomic mass is 10.2. The molecule has 2 aromatic rings. The molecule has 0 atom stereocenters. The minimum absolute atomic E-state index is 0.0491. The van der Waals surface area contributed by atoms with Crippen LogP contribution in [0, 0.1) is 0 Å². The number of amides is 3. The number of carbonyl (C=O) groups is 3. The van der Waals surface area contributed by atoms with Gasteiger partial charge in [0, 0.05) is 16.5 Å². The summed E-state index contributed by atoms with van der Waals surface area (Å²) in [7, 11) is 0. The van der Waals surface area contributed by atoms with Gasteiger partial charge in [0.1, 0.15) is 0 Å². The summed E-state index contributed by atoms with van der Waals surface area (Å²) in [6.45, 7) is 3.88. The van der Waals surface area contributed by atoms with Crippen molar-refractivity contribution in [3.05, 3.63) is 53.6 Å². The lowest BCUT2D eigenvalue weighted by molar-refractivity contribution is -0.119. The summed E-state index contributed by atoms with van der Waals surface area (Å²) in [6, 6.07) is 11.7. The highest BCUT2D eigenvalue weighted by atomic mass is 32.2. The van der Waals surface area contributed by atoms with Gasteiger partial charge in [0.15, 0.2) is 11.5 Å². The van der Waals surface area contributed by atoms with Crippen LogP contribution in [0.2, 0.25) is 0 Å². The summed E-state index contributed by atoms with van der Waals surface area (Å²) in [4.78, 5) is 37.3. The molecule has 3 amide bonds. The fourth-order valence-corrected chi connectivity index (χ4v) is 3.44. The monoisotopic (exact) mass is 415 g/mol. The quantitative estimate of drug-likeness (QED) is 0.493. The van der Waals surface area contributed by atoms with Crippen molar-refractivity contribution < 1.29 is 23.9 Å². The van der Waals surface area contributed by atoms with Crippen LogP contribution in [0.3, 0.4) is 0 Å². The molecule has 1 aliphatic rings. The molecule has 0 aromatic heterocycles. The van der Waals surface area contributed by atoms with E-state index in [9.17, 15) is 14.4 Å². The maximum Gasteiger partial charge on any atom is 0.270 e. The van der Waals surface area contributed by atoms with E-state index in [0.29, 0.717) is 27.5 Å². The molecule has 0 fully saturated rings. The molecule has 0 spiro atoms. The lowest BCUT2D eigenvalue weighted by Crippen LogP contribution is -2.41. The van der Waals surface area contributed by atoms with Crippen molar-refractivity contribution in [2.75, 3.05) is 12.5 Å². The number of hydrogen-bond acceptors (Lipinski definition) is 6. The lowest BCUT2D eigenvalue weighted by Gasteiger charge is -2.12. The van der Waals surface area contributed by atoms with Crippen LogP contribution >= 0.6 is 11.8 Å². The Morgan fingerprint density at radius 1 is 1.00 bits per heavy atom.